The summed E-state index contributed by atoms with van der Waals surface area (Å²) in [4.78, 5) is 2.41. The van der Waals surface area contributed by atoms with Crippen molar-refractivity contribution in [2.45, 2.75) is 32.8 Å². The first kappa shape index (κ1) is 12.0. The van der Waals surface area contributed by atoms with E-state index in [0.29, 0.717) is 6.10 Å². The third-order valence-electron chi connectivity index (χ3n) is 2.78. The average Bonchev–Trinajstić information content (AvgIpc) is 2.26. The van der Waals surface area contributed by atoms with Gasteiger partial charge in [0.25, 0.3) is 0 Å². The minimum Gasteiger partial charge on any atom is -0.379 e. The fraction of sp³-hybridized carbons (Fsp3) is 1.00. The highest BCUT2D eigenvalue weighted by atomic mass is 16.5. The summed E-state index contributed by atoms with van der Waals surface area (Å²) in [7, 11) is 0. The van der Waals surface area contributed by atoms with Gasteiger partial charge in [-0.1, -0.05) is 13.8 Å². The molecule has 1 rings (SSSR count). The fourth-order valence-electron chi connectivity index (χ4n) is 1.70. The number of ether oxygens (including phenoxy) is 2. The summed E-state index contributed by atoms with van der Waals surface area (Å²) in [5.74, 6) is 0. The van der Waals surface area contributed by atoms with Crippen LogP contribution in [0, 0.1) is 0 Å². The van der Waals surface area contributed by atoms with Crippen LogP contribution in [0.3, 0.4) is 0 Å². The van der Waals surface area contributed by atoms with Gasteiger partial charge in [-0.2, -0.15) is 0 Å². The molecule has 0 bridgehead atoms. The molecule has 0 aromatic heterocycles. The Morgan fingerprint density at radius 3 is 2.43 bits per heavy atom. The molecule has 3 heteroatoms. The SMILES string of the molecule is CCC(CC)OCCN1CCOCC1. The van der Waals surface area contributed by atoms with E-state index in [2.05, 4.69) is 18.7 Å². The molecule has 1 aliphatic rings. The van der Waals surface area contributed by atoms with Crippen molar-refractivity contribution in [1.82, 2.24) is 4.90 Å². The van der Waals surface area contributed by atoms with Crippen LogP contribution in [-0.2, 0) is 9.47 Å². The van der Waals surface area contributed by atoms with Crippen molar-refractivity contribution in [2.24, 2.45) is 0 Å². The van der Waals surface area contributed by atoms with Crippen LogP contribution >= 0.6 is 0 Å². The zero-order chi connectivity index (χ0) is 10.2. The van der Waals surface area contributed by atoms with E-state index in [4.69, 9.17) is 9.47 Å². The molecule has 0 aromatic rings. The lowest BCUT2D eigenvalue weighted by atomic mass is 10.2. The number of hydrogen-bond donors (Lipinski definition) is 0. The lowest BCUT2D eigenvalue weighted by molar-refractivity contribution is -0.0000998. The first-order valence-corrected chi connectivity index (χ1v) is 5.78. The van der Waals surface area contributed by atoms with Gasteiger partial charge in [0.05, 0.1) is 25.9 Å². The van der Waals surface area contributed by atoms with Crippen LogP contribution in [0.15, 0.2) is 0 Å². The second-order valence-corrected chi connectivity index (χ2v) is 3.76. The third-order valence-corrected chi connectivity index (χ3v) is 2.78. The first-order chi connectivity index (χ1) is 6.86. The Kier molecular flexibility index (Phi) is 6.15. The average molecular weight is 201 g/mol. The lowest BCUT2D eigenvalue weighted by Crippen LogP contribution is -2.38. The smallest absolute Gasteiger partial charge is 0.0597 e. The topological polar surface area (TPSA) is 21.7 Å². The molecule has 0 N–H and O–H groups in total. The molecule has 0 unspecified atom stereocenters. The number of hydrogen-bond acceptors (Lipinski definition) is 3. The summed E-state index contributed by atoms with van der Waals surface area (Å²) < 4.78 is 11.0. The van der Waals surface area contributed by atoms with Crippen LogP contribution in [0.25, 0.3) is 0 Å². The molecule has 1 fully saturated rings. The summed E-state index contributed by atoms with van der Waals surface area (Å²) >= 11 is 0. The molecule has 1 heterocycles. The summed E-state index contributed by atoms with van der Waals surface area (Å²) in [5, 5.41) is 0. The van der Waals surface area contributed by atoms with Crippen molar-refractivity contribution in [1.29, 1.82) is 0 Å². The van der Waals surface area contributed by atoms with Gasteiger partial charge < -0.3 is 9.47 Å². The Bertz CT molecular complexity index is 131. The highest BCUT2D eigenvalue weighted by Gasteiger charge is 2.10. The molecule has 0 aliphatic carbocycles. The van der Waals surface area contributed by atoms with Gasteiger partial charge in [-0.25, -0.2) is 0 Å². The predicted molar refractivity (Wildman–Crippen MR) is 57.6 cm³/mol. The van der Waals surface area contributed by atoms with Gasteiger partial charge in [-0.15, -0.1) is 0 Å². The highest BCUT2D eigenvalue weighted by Crippen LogP contribution is 2.03. The molecule has 84 valence electrons. The van der Waals surface area contributed by atoms with Gasteiger partial charge in [0, 0.05) is 19.6 Å². The monoisotopic (exact) mass is 201 g/mol. The Hall–Kier alpha value is -0.120. The summed E-state index contributed by atoms with van der Waals surface area (Å²) in [5.41, 5.74) is 0. The van der Waals surface area contributed by atoms with E-state index in [1.807, 2.05) is 0 Å². The molecule has 0 spiro atoms. The van der Waals surface area contributed by atoms with E-state index >= 15 is 0 Å². The molecule has 0 radical (unpaired) electrons. The zero-order valence-corrected chi connectivity index (χ0v) is 9.50. The van der Waals surface area contributed by atoms with Crippen molar-refractivity contribution >= 4 is 0 Å². The minimum absolute atomic E-state index is 0.455. The Morgan fingerprint density at radius 2 is 1.86 bits per heavy atom. The van der Waals surface area contributed by atoms with Gasteiger partial charge in [-0.05, 0) is 12.8 Å². The van der Waals surface area contributed by atoms with Gasteiger partial charge in [0.15, 0.2) is 0 Å². The molecule has 0 amide bonds. The van der Waals surface area contributed by atoms with E-state index in [1.165, 1.54) is 0 Å². The molecule has 0 saturated carbocycles. The van der Waals surface area contributed by atoms with Crippen molar-refractivity contribution in [3.63, 3.8) is 0 Å². The third kappa shape index (κ3) is 4.40. The maximum Gasteiger partial charge on any atom is 0.0597 e. The van der Waals surface area contributed by atoms with Crippen LogP contribution < -0.4 is 0 Å². The van der Waals surface area contributed by atoms with Crippen LogP contribution in [0.2, 0.25) is 0 Å². The minimum atomic E-state index is 0.455. The van der Waals surface area contributed by atoms with E-state index in [-0.39, 0.29) is 0 Å². The van der Waals surface area contributed by atoms with Gasteiger partial charge in [0.2, 0.25) is 0 Å². The second kappa shape index (κ2) is 7.21. The van der Waals surface area contributed by atoms with Crippen LogP contribution in [-0.4, -0.2) is 50.5 Å². The molecule has 0 aromatic carbocycles. The van der Waals surface area contributed by atoms with Gasteiger partial charge in [0.1, 0.15) is 0 Å². The van der Waals surface area contributed by atoms with Crippen LogP contribution in [0.4, 0.5) is 0 Å². The van der Waals surface area contributed by atoms with Crippen LogP contribution in [0.1, 0.15) is 26.7 Å². The van der Waals surface area contributed by atoms with E-state index in [9.17, 15) is 0 Å². The Balaban J connectivity index is 2.01. The Morgan fingerprint density at radius 1 is 1.21 bits per heavy atom. The van der Waals surface area contributed by atoms with E-state index in [0.717, 1.165) is 52.3 Å². The molecule has 3 nitrogen and oxygen atoms in total. The summed E-state index contributed by atoms with van der Waals surface area (Å²) in [6, 6.07) is 0. The molecule has 0 atom stereocenters. The normalized spacial score (nSPS) is 19.1. The van der Waals surface area contributed by atoms with Crippen molar-refractivity contribution in [3.8, 4) is 0 Å². The highest BCUT2D eigenvalue weighted by molar-refractivity contribution is 4.61. The molecule has 1 saturated heterocycles. The second-order valence-electron chi connectivity index (χ2n) is 3.76. The van der Waals surface area contributed by atoms with E-state index < -0.39 is 0 Å². The molecule has 1 aliphatic heterocycles. The number of rotatable bonds is 6. The van der Waals surface area contributed by atoms with Gasteiger partial charge >= 0.3 is 0 Å². The fourth-order valence-corrected chi connectivity index (χ4v) is 1.70. The Labute approximate surface area is 87.4 Å². The van der Waals surface area contributed by atoms with Crippen molar-refractivity contribution in [3.05, 3.63) is 0 Å². The van der Waals surface area contributed by atoms with Gasteiger partial charge in [-0.3, -0.25) is 4.90 Å². The maximum atomic E-state index is 5.76. The molecule has 14 heavy (non-hydrogen) atoms. The van der Waals surface area contributed by atoms with Crippen molar-refractivity contribution in [2.75, 3.05) is 39.5 Å². The standard InChI is InChI=1S/C11H23NO2/c1-3-11(4-2)14-10-7-12-5-8-13-9-6-12/h11H,3-10H2,1-2H3. The maximum absolute atomic E-state index is 5.76. The van der Waals surface area contributed by atoms with Crippen LogP contribution in [0.5, 0.6) is 0 Å². The summed E-state index contributed by atoms with van der Waals surface area (Å²) in [6.07, 6.45) is 2.70. The predicted octanol–water partition coefficient (Wildman–Crippen LogP) is 1.52. The van der Waals surface area contributed by atoms with Crippen molar-refractivity contribution < 1.29 is 9.47 Å². The quantitative estimate of drug-likeness (QED) is 0.650. The summed E-state index contributed by atoms with van der Waals surface area (Å²) in [6.45, 7) is 10.2. The number of nitrogens with zero attached hydrogens (tertiary/aromatic N) is 1. The lowest BCUT2D eigenvalue weighted by Gasteiger charge is -2.27. The first-order valence-electron chi connectivity index (χ1n) is 5.78. The largest absolute Gasteiger partial charge is 0.379 e. The number of morpholine rings is 1. The molecular formula is C11H23NO2. The molecular weight excluding hydrogens is 178 g/mol. The van der Waals surface area contributed by atoms with E-state index in [1.54, 1.807) is 0 Å². The zero-order valence-electron chi connectivity index (χ0n) is 9.50.